The van der Waals surface area contributed by atoms with Crippen molar-refractivity contribution in [2.24, 2.45) is 0 Å². The van der Waals surface area contributed by atoms with E-state index in [4.69, 9.17) is 0 Å². The van der Waals surface area contributed by atoms with E-state index in [1.807, 2.05) is 18.3 Å². The average molecular weight is 279 g/mol. The molecule has 1 amide bonds. The molecule has 1 aromatic heterocycles. The summed E-state index contributed by atoms with van der Waals surface area (Å²) >= 11 is 0. The Balaban J connectivity index is 2.04. The van der Waals surface area contributed by atoms with Crippen LogP contribution < -0.4 is 5.32 Å². The fourth-order valence-electron chi connectivity index (χ4n) is 2.66. The molecule has 0 aromatic carbocycles. The van der Waals surface area contributed by atoms with Crippen LogP contribution in [0.3, 0.4) is 0 Å². The van der Waals surface area contributed by atoms with Gasteiger partial charge in [-0.2, -0.15) is 0 Å². The lowest BCUT2D eigenvalue weighted by molar-refractivity contribution is 0.0754. The zero-order chi connectivity index (χ0) is 14.5. The number of nitrogens with zero attached hydrogens (tertiary/aromatic N) is 2. The smallest absolute Gasteiger partial charge is 0.270 e. The van der Waals surface area contributed by atoms with Crippen LogP contribution in [0, 0.1) is 0 Å². The Hall–Kier alpha value is -1.33. The van der Waals surface area contributed by atoms with E-state index in [-0.39, 0.29) is 12.0 Å². The number of carbonyl (C=O) groups excluding carboxylic acids is 1. The number of carbonyl (C=O) groups is 1. The molecule has 5 nitrogen and oxygen atoms in total. The van der Waals surface area contributed by atoms with Crippen LogP contribution in [0.25, 0.3) is 0 Å². The lowest BCUT2D eigenvalue weighted by Gasteiger charge is -2.27. The third kappa shape index (κ3) is 3.61. The van der Waals surface area contributed by atoms with Crippen molar-refractivity contribution in [3.63, 3.8) is 0 Å². The SMILES string of the molecule is C[C@H](O)CCN(C)C(=O)c1cccn1C1CCNCC1. The molecule has 20 heavy (non-hydrogen) atoms. The first-order valence-electron chi connectivity index (χ1n) is 7.40. The van der Waals surface area contributed by atoms with Crippen molar-refractivity contribution < 1.29 is 9.90 Å². The molecule has 112 valence electrons. The number of nitrogens with one attached hydrogen (secondary N) is 1. The van der Waals surface area contributed by atoms with E-state index < -0.39 is 0 Å². The van der Waals surface area contributed by atoms with Crippen molar-refractivity contribution in [2.75, 3.05) is 26.7 Å². The van der Waals surface area contributed by atoms with Gasteiger partial charge >= 0.3 is 0 Å². The highest BCUT2D eigenvalue weighted by molar-refractivity contribution is 5.92. The molecule has 2 rings (SSSR count). The molecule has 5 heteroatoms. The predicted octanol–water partition coefficient (Wildman–Crippen LogP) is 1.26. The van der Waals surface area contributed by atoms with Gasteiger partial charge in [-0.05, 0) is 51.4 Å². The lowest BCUT2D eigenvalue weighted by atomic mass is 10.1. The summed E-state index contributed by atoms with van der Waals surface area (Å²) < 4.78 is 2.11. The van der Waals surface area contributed by atoms with Gasteiger partial charge in [0.05, 0.1) is 6.10 Å². The molecule has 0 aliphatic carbocycles. The fourth-order valence-corrected chi connectivity index (χ4v) is 2.66. The van der Waals surface area contributed by atoms with Crippen LogP contribution in [0.15, 0.2) is 18.3 Å². The van der Waals surface area contributed by atoms with Crippen molar-refractivity contribution >= 4 is 5.91 Å². The van der Waals surface area contributed by atoms with Crippen molar-refractivity contribution in [3.8, 4) is 0 Å². The standard InChI is InChI=1S/C15H25N3O2/c1-12(19)7-11-17(2)15(20)14-4-3-10-18(14)13-5-8-16-9-6-13/h3-4,10,12-13,16,19H,5-9,11H2,1-2H3/t12-/m0/s1. The molecule has 2 N–H and O–H groups in total. The number of hydrogen-bond acceptors (Lipinski definition) is 3. The van der Waals surface area contributed by atoms with E-state index in [0.29, 0.717) is 19.0 Å². The number of aliphatic hydroxyl groups excluding tert-OH is 1. The van der Waals surface area contributed by atoms with E-state index in [9.17, 15) is 9.90 Å². The summed E-state index contributed by atoms with van der Waals surface area (Å²) in [6, 6.07) is 4.25. The summed E-state index contributed by atoms with van der Waals surface area (Å²) in [4.78, 5) is 14.2. The number of aliphatic hydroxyl groups is 1. The molecular formula is C15H25N3O2. The van der Waals surface area contributed by atoms with E-state index in [2.05, 4.69) is 9.88 Å². The van der Waals surface area contributed by atoms with Crippen LogP contribution in [0.1, 0.15) is 42.7 Å². The first-order valence-corrected chi connectivity index (χ1v) is 7.40. The average Bonchev–Trinajstić information content (AvgIpc) is 2.94. The maximum atomic E-state index is 12.5. The zero-order valence-corrected chi connectivity index (χ0v) is 12.4. The molecule has 0 unspecified atom stereocenters. The van der Waals surface area contributed by atoms with Crippen LogP contribution >= 0.6 is 0 Å². The molecule has 0 radical (unpaired) electrons. The third-order valence-electron chi connectivity index (χ3n) is 3.93. The minimum atomic E-state index is -0.374. The molecule has 1 saturated heterocycles. The quantitative estimate of drug-likeness (QED) is 0.853. The molecule has 1 aromatic rings. The Morgan fingerprint density at radius 1 is 1.55 bits per heavy atom. The van der Waals surface area contributed by atoms with Gasteiger partial charge in [0.25, 0.3) is 5.91 Å². The van der Waals surface area contributed by atoms with E-state index in [0.717, 1.165) is 31.6 Å². The number of rotatable bonds is 5. The van der Waals surface area contributed by atoms with Crippen molar-refractivity contribution in [1.82, 2.24) is 14.8 Å². The summed E-state index contributed by atoms with van der Waals surface area (Å²) in [7, 11) is 1.80. The first kappa shape index (κ1) is 15.1. The molecule has 0 bridgehead atoms. The second kappa shape index (κ2) is 6.90. The number of aromatic nitrogens is 1. The van der Waals surface area contributed by atoms with Gasteiger partial charge in [-0.1, -0.05) is 0 Å². The van der Waals surface area contributed by atoms with Crippen molar-refractivity contribution in [3.05, 3.63) is 24.0 Å². The maximum absolute atomic E-state index is 12.5. The van der Waals surface area contributed by atoms with Crippen molar-refractivity contribution in [1.29, 1.82) is 0 Å². The largest absolute Gasteiger partial charge is 0.393 e. The monoisotopic (exact) mass is 279 g/mol. The molecule has 0 spiro atoms. The second-order valence-corrected chi connectivity index (χ2v) is 5.65. The number of amides is 1. The van der Waals surface area contributed by atoms with Crippen molar-refractivity contribution in [2.45, 2.75) is 38.3 Å². The normalized spacial score (nSPS) is 17.9. The first-order chi connectivity index (χ1) is 9.59. The van der Waals surface area contributed by atoms with E-state index in [1.54, 1.807) is 18.9 Å². The van der Waals surface area contributed by atoms with Crippen LogP contribution in [0.5, 0.6) is 0 Å². The minimum Gasteiger partial charge on any atom is -0.393 e. The Morgan fingerprint density at radius 2 is 2.25 bits per heavy atom. The summed E-state index contributed by atoms with van der Waals surface area (Å²) in [6.07, 6.45) is 4.36. The maximum Gasteiger partial charge on any atom is 0.270 e. The summed E-state index contributed by atoms with van der Waals surface area (Å²) in [5, 5.41) is 12.7. The summed E-state index contributed by atoms with van der Waals surface area (Å²) in [5.74, 6) is 0.0363. The van der Waals surface area contributed by atoms with Gasteiger partial charge in [0.1, 0.15) is 5.69 Å². The topological polar surface area (TPSA) is 57.5 Å². The second-order valence-electron chi connectivity index (χ2n) is 5.65. The van der Waals surface area contributed by atoms with Gasteiger partial charge in [-0.15, -0.1) is 0 Å². The van der Waals surface area contributed by atoms with Crippen LogP contribution in [-0.4, -0.2) is 53.3 Å². The molecule has 1 aliphatic rings. The Kier molecular flexibility index (Phi) is 5.20. The summed E-state index contributed by atoms with van der Waals surface area (Å²) in [5.41, 5.74) is 0.755. The molecule has 0 saturated carbocycles. The van der Waals surface area contributed by atoms with E-state index in [1.165, 1.54) is 0 Å². The van der Waals surface area contributed by atoms with Gasteiger partial charge < -0.3 is 19.9 Å². The molecule has 2 heterocycles. The highest BCUT2D eigenvalue weighted by Crippen LogP contribution is 2.22. The zero-order valence-electron chi connectivity index (χ0n) is 12.4. The predicted molar refractivity (Wildman–Crippen MR) is 78.8 cm³/mol. The highest BCUT2D eigenvalue weighted by atomic mass is 16.3. The lowest BCUT2D eigenvalue weighted by Crippen LogP contribution is -2.34. The Morgan fingerprint density at radius 3 is 2.90 bits per heavy atom. The van der Waals surface area contributed by atoms with E-state index >= 15 is 0 Å². The minimum absolute atomic E-state index is 0.0363. The number of piperidine rings is 1. The number of hydrogen-bond donors (Lipinski definition) is 2. The van der Waals surface area contributed by atoms with Gasteiger partial charge in [0.2, 0.25) is 0 Å². The molecule has 1 fully saturated rings. The highest BCUT2D eigenvalue weighted by Gasteiger charge is 2.21. The van der Waals surface area contributed by atoms with Gasteiger partial charge in [-0.25, -0.2) is 0 Å². The van der Waals surface area contributed by atoms with Gasteiger partial charge in [0, 0.05) is 25.8 Å². The van der Waals surface area contributed by atoms with Gasteiger partial charge in [-0.3, -0.25) is 4.79 Å². The third-order valence-corrected chi connectivity index (χ3v) is 3.93. The fraction of sp³-hybridized carbons (Fsp3) is 0.667. The Labute approximate surface area is 120 Å². The molecule has 1 atom stereocenters. The van der Waals surface area contributed by atoms with Crippen LogP contribution in [0.2, 0.25) is 0 Å². The molecular weight excluding hydrogens is 254 g/mol. The van der Waals surface area contributed by atoms with Crippen LogP contribution in [-0.2, 0) is 0 Å². The van der Waals surface area contributed by atoms with Gasteiger partial charge in [0.15, 0.2) is 0 Å². The summed E-state index contributed by atoms with van der Waals surface area (Å²) in [6.45, 7) is 4.34. The molecule has 1 aliphatic heterocycles. The van der Waals surface area contributed by atoms with Crippen LogP contribution in [0.4, 0.5) is 0 Å². The Bertz CT molecular complexity index is 436.